The maximum absolute atomic E-state index is 6.27. The van der Waals surface area contributed by atoms with Crippen LogP contribution in [0.1, 0.15) is 0 Å². The van der Waals surface area contributed by atoms with Gasteiger partial charge >= 0.3 is 0 Å². The highest BCUT2D eigenvalue weighted by Crippen LogP contribution is 2.43. The fourth-order valence-electron chi connectivity index (χ4n) is 8.38. The number of aromatic nitrogens is 3. The van der Waals surface area contributed by atoms with Gasteiger partial charge in [-0.1, -0.05) is 121 Å². The van der Waals surface area contributed by atoms with Crippen LogP contribution in [0.2, 0.25) is 0 Å². The molecule has 0 N–H and O–H groups in total. The Bertz CT molecular complexity index is 3480. The molecule has 0 spiro atoms. The van der Waals surface area contributed by atoms with Crippen LogP contribution in [0.3, 0.4) is 0 Å². The van der Waals surface area contributed by atoms with Gasteiger partial charge in [0.1, 0.15) is 16.0 Å². The van der Waals surface area contributed by atoms with Gasteiger partial charge in [-0.25, -0.2) is 9.97 Å². The number of hydrogen-bond acceptors (Lipinski definition) is 4. The second-order valence-corrected chi connectivity index (χ2v) is 15.2. The summed E-state index contributed by atoms with van der Waals surface area (Å²) >= 11 is 1.72. The Morgan fingerprint density at radius 1 is 0.418 bits per heavy atom. The van der Waals surface area contributed by atoms with Gasteiger partial charge in [-0.15, -0.1) is 11.3 Å². The molecule has 55 heavy (non-hydrogen) atoms. The second kappa shape index (κ2) is 11.7. The van der Waals surface area contributed by atoms with Crippen LogP contribution < -0.4 is 0 Å². The van der Waals surface area contributed by atoms with Gasteiger partial charge in [-0.05, 0) is 87.6 Å². The lowest BCUT2D eigenvalue weighted by Gasteiger charge is -2.11. The number of hydrogen-bond donors (Lipinski definition) is 0. The number of benzene rings is 8. The van der Waals surface area contributed by atoms with Crippen LogP contribution in [0.15, 0.2) is 180 Å². The van der Waals surface area contributed by atoms with Crippen molar-refractivity contribution in [3.8, 4) is 39.5 Å². The summed E-state index contributed by atoms with van der Waals surface area (Å²) in [5.41, 5.74) is 10.6. The Labute approximate surface area is 319 Å². The number of rotatable bonds is 4. The largest absolute Gasteiger partial charge is 0.456 e. The van der Waals surface area contributed by atoms with Crippen molar-refractivity contribution < 1.29 is 4.42 Å². The Kier molecular flexibility index (Phi) is 6.47. The third-order valence-electron chi connectivity index (χ3n) is 11.0. The van der Waals surface area contributed by atoms with Gasteiger partial charge in [-0.2, -0.15) is 0 Å². The first-order chi connectivity index (χ1) is 27.2. The molecule has 0 aliphatic rings. The van der Waals surface area contributed by atoms with E-state index in [4.69, 9.17) is 14.4 Å². The minimum absolute atomic E-state index is 0.657. The van der Waals surface area contributed by atoms with Crippen LogP contribution in [-0.2, 0) is 0 Å². The van der Waals surface area contributed by atoms with E-state index >= 15 is 0 Å². The van der Waals surface area contributed by atoms with Crippen molar-refractivity contribution >= 4 is 86.2 Å². The first-order valence-electron chi connectivity index (χ1n) is 18.5. The number of para-hydroxylation sites is 2. The van der Waals surface area contributed by atoms with Crippen LogP contribution in [0.4, 0.5) is 0 Å². The highest BCUT2D eigenvalue weighted by Gasteiger charge is 2.22. The van der Waals surface area contributed by atoms with E-state index in [0.29, 0.717) is 5.95 Å². The summed E-state index contributed by atoms with van der Waals surface area (Å²) in [7, 11) is 0. The van der Waals surface area contributed by atoms with Crippen LogP contribution in [0, 0.1) is 0 Å². The minimum atomic E-state index is 0.657. The molecular formula is C50H29N3OS. The fourth-order valence-corrected chi connectivity index (χ4v) is 9.43. The normalized spacial score (nSPS) is 12.0. The predicted octanol–water partition coefficient (Wildman–Crippen LogP) is 14.0. The molecule has 4 nitrogen and oxygen atoms in total. The zero-order valence-electron chi connectivity index (χ0n) is 29.4. The first-order valence-corrected chi connectivity index (χ1v) is 19.3. The molecule has 0 saturated carbocycles. The number of furan rings is 1. The summed E-state index contributed by atoms with van der Waals surface area (Å²) in [6.07, 6.45) is 0. The predicted molar refractivity (Wildman–Crippen MR) is 230 cm³/mol. The summed E-state index contributed by atoms with van der Waals surface area (Å²) in [6, 6.07) is 62.6. The third kappa shape index (κ3) is 4.70. The Morgan fingerprint density at radius 2 is 1.05 bits per heavy atom. The standard InChI is InChI=1S/C50H29N3OS/c1-2-10-30(11-3-1)31-18-20-32(21-19-31)35-23-25-46-41(27-35)47-48(36-22-24-45-40(28-36)38-15-7-9-17-44(38)54-45)51-50(52-49(47)55-46)53-42-16-8-6-14-37(42)39-26-33-12-4-5-13-34(33)29-43(39)53/h1-29H. The fraction of sp³-hybridized carbons (Fsp3) is 0. The summed E-state index contributed by atoms with van der Waals surface area (Å²) in [5, 5.41) is 9.14. The van der Waals surface area contributed by atoms with Crippen molar-refractivity contribution in [3.63, 3.8) is 0 Å². The number of thiophene rings is 1. The highest BCUT2D eigenvalue weighted by atomic mass is 32.1. The highest BCUT2D eigenvalue weighted by molar-refractivity contribution is 7.25. The molecule has 0 saturated heterocycles. The maximum Gasteiger partial charge on any atom is 0.236 e. The molecule has 0 amide bonds. The van der Waals surface area contributed by atoms with Gasteiger partial charge in [0.05, 0.1) is 16.7 Å². The molecule has 5 heteroatoms. The van der Waals surface area contributed by atoms with E-state index in [1.807, 2.05) is 12.1 Å². The molecule has 0 unspecified atom stereocenters. The zero-order valence-corrected chi connectivity index (χ0v) is 30.2. The lowest BCUT2D eigenvalue weighted by molar-refractivity contribution is 0.669. The molecule has 256 valence electrons. The average molecular weight is 720 g/mol. The molecule has 4 heterocycles. The van der Waals surface area contributed by atoms with Crippen molar-refractivity contribution in [1.29, 1.82) is 0 Å². The molecule has 12 aromatic rings. The van der Waals surface area contributed by atoms with Gasteiger partial charge in [0.25, 0.3) is 0 Å². The van der Waals surface area contributed by atoms with Crippen LogP contribution in [0.25, 0.3) is 114 Å². The van der Waals surface area contributed by atoms with E-state index in [1.165, 1.54) is 42.9 Å². The summed E-state index contributed by atoms with van der Waals surface area (Å²) in [6.45, 7) is 0. The van der Waals surface area contributed by atoms with Gasteiger partial charge in [0.2, 0.25) is 5.95 Å². The molecule has 0 fully saturated rings. The number of nitrogens with zero attached hydrogens (tertiary/aromatic N) is 3. The molecule has 0 aliphatic heterocycles. The molecular weight excluding hydrogens is 691 g/mol. The molecule has 0 aliphatic carbocycles. The van der Waals surface area contributed by atoms with Crippen LogP contribution in [0.5, 0.6) is 0 Å². The Morgan fingerprint density at radius 3 is 1.91 bits per heavy atom. The van der Waals surface area contributed by atoms with E-state index in [1.54, 1.807) is 11.3 Å². The van der Waals surface area contributed by atoms with E-state index < -0.39 is 0 Å². The van der Waals surface area contributed by atoms with E-state index in [0.717, 1.165) is 65.4 Å². The Balaban J connectivity index is 1.13. The third-order valence-corrected chi connectivity index (χ3v) is 12.1. The Hall–Kier alpha value is -7.08. The van der Waals surface area contributed by atoms with Crippen molar-refractivity contribution in [1.82, 2.24) is 14.5 Å². The van der Waals surface area contributed by atoms with Gasteiger partial charge in [0.15, 0.2) is 0 Å². The molecule has 0 bridgehead atoms. The second-order valence-electron chi connectivity index (χ2n) is 14.2. The SMILES string of the molecule is c1ccc(-c2ccc(-c3ccc4sc5nc(-n6c7ccccc7c7cc8ccccc8cc76)nc(-c6ccc7oc8ccccc8c7c6)c5c4c3)cc2)cc1. The van der Waals surface area contributed by atoms with E-state index in [2.05, 4.69) is 168 Å². The molecule has 8 aromatic carbocycles. The van der Waals surface area contributed by atoms with Crippen molar-refractivity contribution in [2.45, 2.75) is 0 Å². The van der Waals surface area contributed by atoms with Gasteiger partial charge in [-0.3, -0.25) is 4.57 Å². The maximum atomic E-state index is 6.27. The minimum Gasteiger partial charge on any atom is -0.456 e. The van der Waals surface area contributed by atoms with Crippen molar-refractivity contribution in [2.24, 2.45) is 0 Å². The molecule has 0 radical (unpaired) electrons. The first kappa shape index (κ1) is 30.4. The number of fused-ring (bicyclic) bond motifs is 10. The van der Waals surface area contributed by atoms with Crippen LogP contribution >= 0.6 is 11.3 Å². The lowest BCUT2D eigenvalue weighted by Crippen LogP contribution is -2.02. The lowest BCUT2D eigenvalue weighted by atomic mass is 9.98. The van der Waals surface area contributed by atoms with Crippen LogP contribution in [-0.4, -0.2) is 14.5 Å². The van der Waals surface area contributed by atoms with Gasteiger partial charge < -0.3 is 4.42 Å². The molecule has 4 aromatic heterocycles. The summed E-state index contributed by atoms with van der Waals surface area (Å²) in [5.74, 6) is 0.657. The van der Waals surface area contributed by atoms with Gasteiger partial charge in [0, 0.05) is 42.6 Å². The molecule has 0 atom stereocenters. The summed E-state index contributed by atoms with van der Waals surface area (Å²) in [4.78, 5) is 11.9. The van der Waals surface area contributed by atoms with E-state index in [-0.39, 0.29) is 0 Å². The summed E-state index contributed by atoms with van der Waals surface area (Å²) < 4.78 is 9.69. The van der Waals surface area contributed by atoms with Crippen molar-refractivity contribution in [2.75, 3.05) is 0 Å². The van der Waals surface area contributed by atoms with E-state index in [9.17, 15) is 0 Å². The quantitative estimate of drug-likeness (QED) is 0.182. The average Bonchev–Trinajstić information content (AvgIpc) is 3.91. The smallest absolute Gasteiger partial charge is 0.236 e. The zero-order chi connectivity index (χ0) is 36.0. The topological polar surface area (TPSA) is 43.9 Å². The monoisotopic (exact) mass is 719 g/mol. The molecule has 12 rings (SSSR count). The van der Waals surface area contributed by atoms with Crippen molar-refractivity contribution in [3.05, 3.63) is 176 Å².